The Hall–Kier alpha value is -2.30. The van der Waals surface area contributed by atoms with Gasteiger partial charge in [-0.05, 0) is 37.0 Å². The number of hydrogen-bond donors (Lipinski definition) is 1. The van der Waals surface area contributed by atoms with E-state index in [1.807, 2.05) is 11.0 Å². The maximum atomic E-state index is 12.7. The van der Waals surface area contributed by atoms with E-state index >= 15 is 0 Å². The molecule has 0 saturated carbocycles. The highest BCUT2D eigenvalue weighted by molar-refractivity contribution is 5.77. The van der Waals surface area contributed by atoms with E-state index in [1.165, 1.54) is 0 Å². The number of phenolic OH excluding ortho intramolecular Hbond substituents is 1. The number of benzene rings is 1. The molecule has 1 aliphatic rings. The Morgan fingerprint density at radius 1 is 1.40 bits per heavy atom. The van der Waals surface area contributed by atoms with Crippen LogP contribution in [-0.4, -0.2) is 27.4 Å². The first-order chi connectivity index (χ1) is 11.8. The lowest BCUT2D eigenvalue weighted by Gasteiger charge is -2.22. The van der Waals surface area contributed by atoms with Gasteiger partial charge in [-0.25, -0.2) is 4.98 Å². The van der Waals surface area contributed by atoms with Gasteiger partial charge in [0.2, 0.25) is 11.8 Å². The zero-order valence-electron chi connectivity index (χ0n) is 15.2. The van der Waals surface area contributed by atoms with Crippen molar-refractivity contribution >= 4 is 5.91 Å². The number of aryl methyl sites for hydroxylation is 1. The number of phenols is 1. The summed E-state index contributed by atoms with van der Waals surface area (Å²) in [6.07, 6.45) is 4.61. The second kappa shape index (κ2) is 6.90. The normalized spacial score (nSPS) is 17.9. The lowest BCUT2D eigenvalue weighted by atomic mass is 9.93. The monoisotopic (exact) mass is 342 g/mol. The number of likely N-dealkylation sites (tertiary alicyclic amines) is 1. The van der Waals surface area contributed by atoms with Crippen molar-refractivity contribution in [1.82, 2.24) is 9.88 Å². The number of aromatic nitrogens is 1. The third kappa shape index (κ3) is 4.03. The Balaban J connectivity index is 1.66. The van der Waals surface area contributed by atoms with Crippen LogP contribution in [0.2, 0.25) is 0 Å². The molecular formula is C20H26N2O3. The maximum absolute atomic E-state index is 12.7. The predicted octanol–water partition coefficient (Wildman–Crippen LogP) is 3.97. The van der Waals surface area contributed by atoms with E-state index in [0.29, 0.717) is 18.7 Å². The molecule has 1 amide bonds. The molecule has 25 heavy (non-hydrogen) atoms. The molecule has 5 heteroatoms. The van der Waals surface area contributed by atoms with Crippen molar-refractivity contribution in [2.45, 2.75) is 57.9 Å². The maximum Gasteiger partial charge on any atom is 0.223 e. The molecule has 1 aromatic heterocycles. The highest BCUT2D eigenvalue weighted by Gasteiger charge is 2.33. The zero-order chi connectivity index (χ0) is 18.0. The van der Waals surface area contributed by atoms with Crippen LogP contribution in [0.1, 0.15) is 63.2 Å². The summed E-state index contributed by atoms with van der Waals surface area (Å²) < 4.78 is 5.70. The number of oxazole rings is 1. The summed E-state index contributed by atoms with van der Waals surface area (Å²) in [6, 6.07) is 7.01. The molecule has 1 N–H and O–H groups in total. The SMILES string of the molecule is CC(C)(C)c1coc([C@H]2CCCN2C(=O)CCc2cccc(O)c2)n1. The predicted molar refractivity (Wildman–Crippen MR) is 95.3 cm³/mol. The molecule has 0 radical (unpaired) electrons. The molecule has 3 rings (SSSR count). The van der Waals surface area contributed by atoms with Gasteiger partial charge in [0.25, 0.3) is 0 Å². The van der Waals surface area contributed by atoms with Gasteiger partial charge in [0.1, 0.15) is 18.1 Å². The summed E-state index contributed by atoms with van der Waals surface area (Å²) in [7, 11) is 0. The minimum absolute atomic E-state index is 0.0622. The lowest BCUT2D eigenvalue weighted by molar-refractivity contribution is -0.132. The van der Waals surface area contributed by atoms with E-state index in [1.54, 1.807) is 24.5 Å². The van der Waals surface area contributed by atoms with E-state index in [-0.39, 0.29) is 23.1 Å². The topological polar surface area (TPSA) is 66.6 Å². The Bertz CT molecular complexity index is 745. The molecule has 1 aromatic carbocycles. The van der Waals surface area contributed by atoms with Crippen molar-refractivity contribution in [2.24, 2.45) is 0 Å². The number of rotatable bonds is 4. The van der Waals surface area contributed by atoms with Crippen LogP contribution in [0.5, 0.6) is 5.75 Å². The van der Waals surface area contributed by atoms with Gasteiger partial charge in [-0.2, -0.15) is 0 Å². The molecule has 5 nitrogen and oxygen atoms in total. The van der Waals surface area contributed by atoms with E-state index < -0.39 is 0 Å². The van der Waals surface area contributed by atoms with Crippen molar-refractivity contribution < 1.29 is 14.3 Å². The zero-order valence-corrected chi connectivity index (χ0v) is 15.2. The molecule has 0 aliphatic carbocycles. The van der Waals surface area contributed by atoms with Gasteiger partial charge in [0.15, 0.2) is 0 Å². The minimum atomic E-state index is -0.0650. The molecule has 2 aromatic rings. The fraction of sp³-hybridized carbons (Fsp3) is 0.500. The first-order valence-electron chi connectivity index (χ1n) is 8.88. The Morgan fingerprint density at radius 3 is 2.88 bits per heavy atom. The molecule has 0 bridgehead atoms. The molecular weight excluding hydrogens is 316 g/mol. The van der Waals surface area contributed by atoms with Crippen LogP contribution >= 0.6 is 0 Å². The molecule has 1 fully saturated rings. The number of hydrogen-bond acceptors (Lipinski definition) is 4. The van der Waals surface area contributed by atoms with Gasteiger partial charge in [-0.1, -0.05) is 32.9 Å². The Kier molecular flexibility index (Phi) is 4.84. The molecule has 2 heterocycles. The van der Waals surface area contributed by atoms with Crippen molar-refractivity contribution in [2.75, 3.05) is 6.54 Å². The Labute approximate surface area is 148 Å². The first kappa shape index (κ1) is 17.5. The van der Waals surface area contributed by atoms with Crippen molar-refractivity contribution in [3.8, 4) is 5.75 Å². The lowest BCUT2D eigenvalue weighted by Crippen LogP contribution is -2.31. The van der Waals surface area contributed by atoms with Crippen LogP contribution in [0.25, 0.3) is 0 Å². The number of nitrogens with zero attached hydrogens (tertiary/aromatic N) is 2. The van der Waals surface area contributed by atoms with Crippen LogP contribution in [-0.2, 0) is 16.6 Å². The minimum Gasteiger partial charge on any atom is -0.508 e. The van der Waals surface area contributed by atoms with Gasteiger partial charge in [0, 0.05) is 18.4 Å². The summed E-state index contributed by atoms with van der Waals surface area (Å²) in [4.78, 5) is 19.2. The van der Waals surface area contributed by atoms with Crippen LogP contribution in [0, 0.1) is 0 Å². The second-order valence-corrected chi connectivity index (χ2v) is 7.74. The third-order valence-corrected chi connectivity index (χ3v) is 4.69. The van der Waals surface area contributed by atoms with Crippen molar-refractivity contribution in [1.29, 1.82) is 0 Å². The standard InChI is InChI=1S/C20H26N2O3/c1-20(2,3)17-13-25-19(21-17)16-8-5-11-22(16)18(24)10-9-14-6-4-7-15(23)12-14/h4,6-7,12-13,16,23H,5,8-11H2,1-3H3/t16-/m1/s1. The highest BCUT2D eigenvalue weighted by Crippen LogP contribution is 2.33. The average Bonchev–Trinajstić information content (AvgIpc) is 3.20. The van der Waals surface area contributed by atoms with Gasteiger partial charge >= 0.3 is 0 Å². The fourth-order valence-corrected chi connectivity index (χ4v) is 3.21. The summed E-state index contributed by atoms with van der Waals surface area (Å²) in [5, 5.41) is 9.53. The van der Waals surface area contributed by atoms with E-state index in [2.05, 4.69) is 25.8 Å². The summed E-state index contributed by atoms with van der Waals surface area (Å²) in [5.74, 6) is 0.993. The van der Waals surface area contributed by atoms with Gasteiger partial charge in [-0.15, -0.1) is 0 Å². The van der Waals surface area contributed by atoms with Crippen LogP contribution in [0.4, 0.5) is 0 Å². The smallest absolute Gasteiger partial charge is 0.223 e. The fourth-order valence-electron chi connectivity index (χ4n) is 3.21. The Morgan fingerprint density at radius 2 is 2.20 bits per heavy atom. The van der Waals surface area contributed by atoms with Crippen LogP contribution in [0.3, 0.4) is 0 Å². The summed E-state index contributed by atoms with van der Waals surface area (Å²) in [6.45, 7) is 7.04. The molecule has 0 unspecified atom stereocenters. The number of carbonyl (C=O) groups excluding carboxylic acids is 1. The average molecular weight is 342 g/mol. The number of carbonyl (C=O) groups is 1. The van der Waals surface area contributed by atoms with Crippen LogP contribution in [0.15, 0.2) is 34.9 Å². The quantitative estimate of drug-likeness (QED) is 0.913. The molecule has 0 spiro atoms. The van der Waals surface area contributed by atoms with Gasteiger partial charge in [-0.3, -0.25) is 4.79 Å². The molecule has 1 atom stereocenters. The van der Waals surface area contributed by atoms with E-state index in [4.69, 9.17) is 4.42 Å². The van der Waals surface area contributed by atoms with Gasteiger partial charge in [0.05, 0.1) is 5.69 Å². The van der Waals surface area contributed by atoms with E-state index in [0.717, 1.165) is 30.6 Å². The number of aromatic hydroxyl groups is 1. The van der Waals surface area contributed by atoms with Gasteiger partial charge < -0.3 is 14.4 Å². The summed E-state index contributed by atoms with van der Waals surface area (Å²) >= 11 is 0. The highest BCUT2D eigenvalue weighted by atomic mass is 16.3. The molecule has 1 aliphatic heterocycles. The summed E-state index contributed by atoms with van der Waals surface area (Å²) in [5.41, 5.74) is 1.82. The molecule has 134 valence electrons. The molecule has 1 saturated heterocycles. The number of amides is 1. The second-order valence-electron chi connectivity index (χ2n) is 7.74. The van der Waals surface area contributed by atoms with Crippen molar-refractivity contribution in [3.63, 3.8) is 0 Å². The van der Waals surface area contributed by atoms with Crippen LogP contribution < -0.4 is 0 Å². The third-order valence-electron chi connectivity index (χ3n) is 4.69. The largest absolute Gasteiger partial charge is 0.508 e. The first-order valence-corrected chi connectivity index (χ1v) is 8.88. The van der Waals surface area contributed by atoms with Crippen molar-refractivity contribution in [3.05, 3.63) is 47.7 Å². The van der Waals surface area contributed by atoms with E-state index in [9.17, 15) is 9.90 Å².